The molecule has 4 heteroatoms. The highest BCUT2D eigenvalue weighted by atomic mass is 16.2. The lowest BCUT2D eigenvalue weighted by Gasteiger charge is -2.16. The summed E-state index contributed by atoms with van der Waals surface area (Å²) in [7, 11) is 0. The number of rotatable bonds is 13. The number of unbranched alkanes of at least 4 members (excludes halogenated alkanes) is 3. The molecule has 0 saturated carbocycles. The summed E-state index contributed by atoms with van der Waals surface area (Å²) in [5, 5.41) is 6.23. The van der Waals surface area contributed by atoms with Crippen LogP contribution in [0.4, 0.5) is 0 Å². The first-order valence-corrected chi connectivity index (χ1v) is 16.8. The number of hydrogen-bond acceptors (Lipinski definition) is 2. The minimum absolute atomic E-state index is 0.0814. The van der Waals surface area contributed by atoms with Gasteiger partial charge in [-0.2, -0.15) is 0 Å². The van der Waals surface area contributed by atoms with Crippen molar-refractivity contribution in [1.82, 2.24) is 10.6 Å². The molecular formula is C42H52N2O2. The van der Waals surface area contributed by atoms with Crippen LogP contribution in [0.15, 0.2) is 60.7 Å². The van der Waals surface area contributed by atoms with E-state index in [0.29, 0.717) is 25.9 Å². The Kier molecular flexibility index (Phi) is 12.0. The first-order valence-electron chi connectivity index (χ1n) is 16.8. The predicted molar refractivity (Wildman–Crippen MR) is 193 cm³/mol. The van der Waals surface area contributed by atoms with Gasteiger partial charge in [0, 0.05) is 25.9 Å². The van der Waals surface area contributed by atoms with Crippen LogP contribution in [0, 0.1) is 55.4 Å². The molecule has 0 unspecified atom stereocenters. The van der Waals surface area contributed by atoms with Crippen molar-refractivity contribution in [1.29, 1.82) is 0 Å². The molecule has 0 aliphatic heterocycles. The molecule has 0 aliphatic rings. The molecule has 0 atom stereocenters. The van der Waals surface area contributed by atoms with Gasteiger partial charge in [0.15, 0.2) is 0 Å². The number of nitrogens with one attached hydrogen (secondary N) is 2. The Bertz CT molecular complexity index is 1590. The molecule has 46 heavy (non-hydrogen) atoms. The van der Waals surface area contributed by atoms with Crippen LogP contribution >= 0.6 is 0 Å². The van der Waals surface area contributed by atoms with Gasteiger partial charge in [0.05, 0.1) is 0 Å². The summed E-state index contributed by atoms with van der Waals surface area (Å²) in [4.78, 5) is 25.2. The zero-order valence-corrected chi connectivity index (χ0v) is 29.2. The van der Waals surface area contributed by atoms with E-state index in [1.807, 2.05) is 0 Å². The van der Waals surface area contributed by atoms with Gasteiger partial charge in [-0.3, -0.25) is 9.59 Å². The van der Waals surface area contributed by atoms with Crippen molar-refractivity contribution < 1.29 is 9.59 Å². The van der Waals surface area contributed by atoms with Crippen molar-refractivity contribution >= 4 is 11.8 Å². The van der Waals surface area contributed by atoms with E-state index >= 15 is 0 Å². The van der Waals surface area contributed by atoms with Gasteiger partial charge in [-0.15, -0.1) is 0 Å². The molecular weight excluding hydrogens is 564 g/mol. The fourth-order valence-corrected chi connectivity index (χ4v) is 6.22. The van der Waals surface area contributed by atoms with Gasteiger partial charge in [0.2, 0.25) is 11.8 Å². The van der Waals surface area contributed by atoms with Gasteiger partial charge in [-0.05, 0) is 158 Å². The first kappa shape index (κ1) is 34.7. The van der Waals surface area contributed by atoms with Crippen LogP contribution in [0.1, 0.15) is 94.2 Å². The highest BCUT2D eigenvalue weighted by Gasteiger charge is 2.13. The van der Waals surface area contributed by atoms with E-state index in [-0.39, 0.29) is 11.8 Å². The van der Waals surface area contributed by atoms with Crippen LogP contribution < -0.4 is 10.6 Å². The zero-order valence-electron chi connectivity index (χ0n) is 29.2. The van der Waals surface area contributed by atoms with Gasteiger partial charge in [0.1, 0.15) is 0 Å². The molecule has 2 N–H and O–H groups in total. The molecule has 0 heterocycles. The van der Waals surface area contributed by atoms with Crippen LogP contribution in [0.3, 0.4) is 0 Å². The molecule has 0 radical (unpaired) electrons. The number of aryl methyl sites for hydroxylation is 4. The van der Waals surface area contributed by atoms with E-state index in [4.69, 9.17) is 0 Å². The van der Waals surface area contributed by atoms with E-state index in [0.717, 1.165) is 36.8 Å². The lowest BCUT2D eigenvalue weighted by atomic mass is 9.90. The average molecular weight is 617 g/mol. The maximum atomic E-state index is 12.6. The summed E-state index contributed by atoms with van der Waals surface area (Å²) in [6.45, 7) is 18.3. The summed E-state index contributed by atoms with van der Waals surface area (Å²) in [5.41, 5.74) is 17.5. The largest absolute Gasteiger partial charge is 0.352 e. The zero-order chi connectivity index (χ0) is 33.4. The number of carbonyl (C=O) groups is 2. The van der Waals surface area contributed by atoms with Crippen molar-refractivity contribution in [2.75, 3.05) is 0 Å². The third-order valence-electron chi connectivity index (χ3n) is 9.78. The lowest BCUT2D eigenvalue weighted by molar-refractivity contribution is -0.122. The highest BCUT2D eigenvalue weighted by molar-refractivity contribution is 5.77. The van der Waals surface area contributed by atoms with Gasteiger partial charge < -0.3 is 10.6 Å². The van der Waals surface area contributed by atoms with E-state index in [1.54, 1.807) is 0 Å². The van der Waals surface area contributed by atoms with Crippen molar-refractivity contribution in [2.24, 2.45) is 0 Å². The highest BCUT2D eigenvalue weighted by Crippen LogP contribution is 2.32. The number of carbonyl (C=O) groups excluding carboxylic acids is 2. The van der Waals surface area contributed by atoms with Crippen molar-refractivity contribution in [2.45, 2.75) is 107 Å². The number of benzene rings is 4. The second-order valence-electron chi connectivity index (χ2n) is 13.1. The molecule has 0 bridgehead atoms. The van der Waals surface area contributed by atoms with Gasteiger partial charge >= 0.3 is 0 Å². The quantitative estimate of drug-likeness (QED) is 0.147. The Hall–Kier alpha value is -4.18. The van der Waals surface area contributed by atoms with Gasteiger partial charge in [-0.1, -0.05) is 61.4 Å². The summed E-state index contributed by atoms with van der Waals surface area (Å²) in [5.74, 6) is 0.163. The molecule has 0 spiro atoms. The summed E-state index contributed by atoms with van der Waals surface area (Å²) < 4.78 is 0. The number of hydrogen-bond donors (Lipinski definition) is 2. The topological polar surface area (TPSA) is 58.2 Å². The molecule has 4 aromatic carbocycles. The predicted octanol–water partition coefficient (Wildman–Crippen LogP) is 9.76. The molecule has 0 aliphatic carbocycles. The van der Waals surface area contributed by atoms with Gasteiger partial charge in [-0.25, -0.2) is 0 Å². The molecule has 2 amide bonds. The molecule has 4 nitrogen and oxygen atoms in total. The third-order valence-corrected chi connectivity index (χ3v) is 9.78. The molecule has 0 aromatic heterocycles. The van der Waals surface area contributed by atoms with E-state index in [9.17, 15) is 9.59 Å². The summed E-state index contributed by atoms with van der Waals surface area (Å²) in [6.07, 6.45) is 4.57. The SMILES string of the molecule is Cc1cccc(-c2cc(CNC(=O)CCCCCCC(=O)NCc3cc(C)c(C)c(-c4cccc(C)c4C)c3)cc(C)c2C)c1C. The normalized spacial score (nSPS) is 11.0. The first-order chi connectivity index (χ1) is 22.0. The van der Waals surface area contributed by atoms with Gasteiger partial charge in [0.25, 0.3) is 0 Å². The fourth-order valence-electron chi connectivity index (χ4n) is 6.22. The maximum Gasteiger partial charge on any atom is 0.220 e. The molecule has 4 rings (SSSR count). The van der Waals surface area contributed by atoms with Crippen molar-refractivity contribution in [3.05, 3.63) is 116 Å². The van der Waals surface area contributed by atoms with E-state index in [2.05, 4.69) is 127 Å². The minimum atomic E-state index is 0.0814. The van der Waals surface area contributed by atoms with Crippen molar-refractivity contribution in [3.8, 4) is 22.3 Å². The molecule has 0 saturated heterocycles. The van der Waals surface area contributed by atoms with Crippen LogP contribution in [0.2, 0.25) is 0 Å². The van der Waals surface area contributed by atoms with Crippen molar-refractivity contribution in [3.63, 3.8) is 0 Å². The molecule has 4 aromatic rings. The number of amides is 2. The average Bonchev–Trinajstić information content (AvgIpc) is 3.02. The Labute approximate surface area is 277 Å². The minimum Gasteiger partial charge on any atom is -0.352 e. The fraction of sp³-hybridized carbons (Fsp3) is 0.381. The summed E-state index contributed by atoms with van der Waals surface area (Å²) >= 11 is 0. The van der Waals surface area contributed by atoms with Crippen LogP contribution in [0.5, 0.6) is 0 Å². The lowest BCUT2D eigenvalue weighted by Crippen LogP contribution is -2.23. The standard InChI is InChI=1S/C42H52N2O2/c1-27-15-13-17-37(31(27)5)39-23-35(21-29(3)33(39)7)25-43-41(45)19-11-9-10-12-20-42(46)44-26-36-22-30(4)34(8)40(24-36)38-18-14-16-28(2)32(38)6/h13-18,21-24H,9-12,19-20,25-26H2,1-8H3,(H,43,45)(H,44,46). The third kappa shape index (κ3) is 8.75. The van der Waals surface area contributed by atoms with E-state index in [1.165, 1.54) is 66.8 Å². The van der Waals surface area contributed by atoms with Crippen LogP contribution in [-0.4, -0.2) is 11.8 Å². The van der Waals surface area contributed by atoms with Crippen LogP contribution in [0.25, 0.3) is 22.3 Å². The molecule has 0 fully saturated rings. The summed E-state index contributed by atoms with van der Waals surface area (Å²) in [6, 6.07) is 21.7. The Morgan fingerprint density at radius 1 is 0.457 bits per heavy atom. The smallest absolute Gasteiger partial charge is 0.220 e. The second kappa shape index (κ2) is 15.9. The Balaban J connectivity index is 1.17. The van der Waals surface area contributed by atoms with Crippen LogP contribution in [-0.2, 0) is 22.7 Å². The van der Waals surface area contributed by atoms with E-state index < -0.39 is 0 Å². The molecule has 242 valence electrons. The Morgan fingerprint density at radius 2 is 0.826 bits per heavy atom. The monoisotopic (exact) mass is 616 g/mol. The Morgan fingerprint density at radius 3 is 1.22 bits per heavy atom. The maximum absolute atomic E-state index is 12.6. The second-order valence-corrected chi connectivity index (χ2v) is 13.1.